The molecule has 3 aromatic rings. The van der Waals surface area contributed by atoms with Crippen LogP contribution in [0.4, 0.5) is 0 Å². The molecular formula is C16H13N3O3S. The van der Waals surface area contributed by atoms with E-state index in [1.165, 1.54) is 11.3 Å². The molecule has 0 saturated carbocycles. The van der Waals surface area contributed by atoms with Crippen LogP contribution in [0.15, 0.2) is 29.9 Å². The van der Waals surface area contributed by atoms with Gasteiger partial charge in [0.1, 0.15) is 5.65 Å². The summed E-state index contributed by atoms with van der Waals surface area (Å²) in [5, 5.41) is 11.7. The van der Waals surface area contributed by atoms with Gasteiger partial charge < -0.3 is 15.0 Å². The van der Waals surface area contributed by atoms with E-state index >= 15 is 0 Å². The highest BCUT2D eigenvalue weighted by Gasteiger charge is 2.27. The number of hydrogen-bond acceptors (Lipinski definition) is 4. The molecule has 0 fully saturated rings. The summed E-state index contributed by atoms with van der Waals surface area (Å²) >= 11 is 1.41. The second kappa shape index (κ2) is 5.20. The minimum atomic E-state index is -0.899. The zero-order chi connectivity index (χ0) is 16.0. The Kier molecular flexibility index (Phi) is 3.16. The van der Waals surface area contributed by atoms with E-state index < -0.39 is 5.97 Å². The summed E-state index contributed by atoms with van der Waals surface area (Å²) in [6.45, 7) is 0.977. The Morgan fingerprint density at radius 1 is 1.39 bits per heavy atom. The average Bonchev–Trinajstić information content (AvgIpc) is 3.19. The standard InChI is InChI=1S/C16H13N3O3S/c20-15(10-5-9-1-3-17-14(9)18-6-10)19-4-2-11-12(16(21)22)8-23-13(11)7-19/h1,3,5-6,8H,2,4,7H2,(H,17,18)(H,21,22). The first-order chi connectivity index (χ1) is 11.1. The fourth-order valence-electron chi connectivity index (χ4n) is 2.92. The molecule has 0 aliphatic carbocycles. The predicted octanol–water partition coefficient (Wildman–Crippen LogP) is 2.52. The van der Waals surface area contributed by atoms with Gasteiger partial charge in [0.25, 0.3) is 5.91 Å². The monoisotopic (exact) mass is 327 g/mol. The molecule has 4 rings (SSSR count). The third kappa shape index (κ3) is 2.29. The quantitative estimate of drug-likeness (QED) is 0.757. The molecule has 0 radical (unpaired) electrons. The molecular weight excluding hydrogens is 314 g/mol. The number of aromatic nitrogens is 2. The highest BCUT2D eigenvalue weighted by Crippen LogP contribution is 2.29. The predicted molar refractivity (Wildman–Crippen MR) is 85.8 cm³/mol. The van der Waals surface area contributed by atoms with Crippen LogP contribution in [-0.4, -0.2) is 38.4 Å². The van der Waals surface area contributed by atoms with Gasteiger partial charge in [0.2, 0.25) is 0 Å². The Morgan fingerprint density at radius 3 is 3.09 bits per heavy atom. The van der Waals surface area contributed by atoms with Crippen molar-refractivity contribution in [1.29, 1.82) is 0 Å². The Balaban J connectivity index is 1.61. The largest absolute Gasteiger partial charge is 0.478 e. The SMILES string of the molecule is O=C(O)c1csc2c1CCN(C(=O)c1cnc3[nH]ccc3c1)C2. The summed E-state index contributed by atoms with van der Waals surface area (Å²) in [7, 11) is 0. The van der Waals surface area contributed by atoms with Crippen molar-refractivity contribution in [2.75, 3.05) is 6.54 Å². The molecule has 1 amide bonds. The Labute approximate surface area is 135 Å². The Morgan fingerprint density at radius 2 is 2.26 bits per heavy atom. The van der Waals surface area contributed by atoms with Gasteiger partial charge in [0.05, 0.1) is 17.7 Å². The van der Waals surface area contributed by atoms with Gasteiger partial charge in [-0.1, -0.05) is 0 Å². The van der Waals surface area contributed by atoms with Crippen LogP contribution < -0.4 is 0 Å². The molecule has 4 heterocycles. The van der Waals surface area contributed by atoms with Crippen LogP contribution >= 0.6 is 11.3 Å². The van der Waals surface area contributed by atoms with Crippen molar-refractivity contribution >= 4 is 34.2 Å². The number of carboxylic acids is 1. The highest BCUT2D eigenvalue weighted by atomic mass is 32.1. The van der Waals surface area contributed by atoms with Gasteiger partial charge in [-0.3, -0.25) is 4.79 Å². The fourth-order valence-corrected chi connectivity index (χ4v) is 4.01. The second-order valence-electron chi connectivity index (χ2n) is 5.47. The zero-order valence-corrected chi connectivity index (χ0v) is 12.9. The van der Waals surface area contributed by atoms with Crippen LogP contribution in [0.25, 0.3) is 11.0 Å². The van der Waals surface area contributed by atoms with Crippen molar-refractivity contribution in [3.63, 3.8) is 0 Å². The molecule has 7 heteroatoms. The molecule has 2 N–H and O–H groups in total. The number of carboxylic acid groups (broad SMARTS) is 1. The number of carbonyl (C=O) groups excluding carboxylic acids is 1. The lowest BCUT2D eigenvalue weighted by Crippen LogP contribution is -2.35. The molecule has 3 aromatic heterocycles. The first-order valence-electron chi connectivity index (χ1n) is 7.18. The lowest BCUT2D eigenvalue weighted by Gasteiger charge is -2.27. The van der Waals surface area contributed by atoms with Crippen molar-refractivity contribution in [3.05, 3.63) is 51.5 Å². The zero-order valence-electron chi connectivity index (χ0n) is 12.1. The van der Waals surface area contributed by atoms with Gasteiger partial charge in [-0.05, 0) is 24.1 Å². The average molecular weight is 327 g/mol. The molecule has 1 aliphatic rings. The molecule has 0 spiro atoms. The van der Waals surface area contributed by atoms with Crippen LogP contribution in [0.5, 0.6) is 0 Å². The Bertz CT molecular complexity index is 928. The van der Waals surface area contributed by atoms with E-state index in [2.05, 4.69) is 9.97 Å². The van der Waals surface area contributed by atoms with E-state index in [1.807, 2.05) is 12.1 Å². The number of nitrogens with one attached hydrogen (secondary N) is 1. The van der Waals surface area contributed by atoms with Crippen molar-refractivity contribution in [2.45, 2.75) is 13.0 Å². The minimum absolute atomic E-state index is 0.0727. The number of hydrogen-bond donors (Lipinski definition) is 2. The van der Waals surface area contributed by atoms with Gasteiger partial charge in [-0.2, -0.15) is 0 Å². The van der Waals surface area contributed by atoms with Crippen LogP contribution in [0, 0.1) is 0 Å². The fraction of sp³-hybridized carbons (Fsp3) is 0.188. The molecule has 6 nitrogen and oxygen atoms in total. The number of nitrogens with zero attached hydrogens (tertiary/aromatic N) is 2. The molecule has 0 unspecified atom stereocenters. The molecule has 23 heavy (non-hydrogen) atoms. The van der Waals surface area contributed by atoms with Crippen molar-refractivity contribution < 1.29 is 14.7 Å². The molecule has 0 bridgehead atoms. The molecule has 0 saturated heterocycles. The van der Waals surface area contributed by atoms with Crippen LogP contribution in [-0.2, 0) is 13.0 Å². The highest BCUT2D eigenvalue weighted by molar-refractivity contribution is 7.10. The third-order valence-corrected chi connectivity index (χ3v) is 5.13. The van der Waals surface area contributed by atoms with Gasteiger partial charge >= 0.3 is 5.97 Å². The summed E-state index contributed by atoms with van der Waals surface area (Å²) in [6.07, 6.45) is 3.94. The lowest BCUT2D eigenvalue weighted by atomic mass is 10.0. The van der Waals surface area contributed by atoms with Crippen LogP contribution in [0.3, 0.4) is 0 Å². The Hall–Kier alpha value is -2.67. The van der Waals surface area contributed by atoms with Crippen molar-refractivity contribution in [3.8, 4) is 0 Å². The smallest absolute Gasteiger partial charge is 0.336 e. The number of carbonyl (C=O) groups is 2. The first kappa shape index (κ1) is 14.0. The van der Waals surface area contributed by atoms with Gasteiger partial charge in [-0.15, -0.1) is 11.3 Å². The normalized spacial score (nSPS) is 14.0. The summed E-state index contributed by atoms with van der Waals surface area (Å²) in [6, 6.07) is 3.71. The maximum Gasteiger partial charge on any atom is 0.336 e. The van der Waals surface area contributed by atoms with Crippen LogP contribution in [0.1, 0.15) is 31.2 Å². The maximum absolute atomic E-state index is 12.7. The summed E-state index contributed by atoms with van der Waals surface area (Å²) in [5.41, 5.74) is 2.54. The number of H-pyrrole nitrogens is 1. The van der Waals surface area contributed by atoms with E-state index in [1.54, 1.807) is 22.7 Å². The molecule has 0 aromatic carbocycles. The first-order valence-corrected chi connectivity index (χ1v) is 8.06. The number of pyridine rings is 1. The second-order valence-corrected chi connectivity index (χ2v) is 6.44. The molecule has 0 atom stereocenters. The summed E-state index contributed by atoms with van der Waals surface area (Å²) in [5.74, 6) is -0.971. The number of aromatic carboxylic acids is 1. The van der Waals surface area contributed by atoms with E-state index in [9.17, 15) is 14.7 Å². The van der Waals surface area contributed by atoms with E-state index in [0.717, 1.165) is 21.5 Å². The topological polar surface area (TPSA) is 86.3 Å². The number of rotatable bonds is 2. The molecule has 116 valence electrons. The maximum atomic E-state index is 12.7. The van der Waals surface area contributed by atoms with Crippen molar-refractivity contribution in [1.82, 2.24) is 14.9 Å². The van der Waals surface area contributed by atoms with E-state index in [0.29, 0.717) is 30.6 Å². The van der Waals surface area contributed by atoms with Crippen molar-refractivity contribution in [2.24, 2.45) is 0 Å². The van der Waals surface area contributed by atoms with E-state index in [4.69, 9.17) is 0 Å². The number of fused-ring (bicyclic) bond motifs is 2. The lowest BCUT2D eigenvalue weighted by molar-refractivity contribution is 0.0695. The van der Waals surface area contributed by atoms with Crippen LogP contribution in [0.2, 0.25) is 0 Å². The number of thiophene rings is 1. The van der Waals surface area contributed by atoms with E-state index in [-0.39, 0.29) is 5.91 Å². The van der Waals surface area contributed by atoms with Gasteiger partial charge in [0.15, 0.2) is 0 Å². The number of amides is 1. The minimum Gasteiger partial charge on any atom is -0.478 e. The molecule has 1 aliphatic heterocycles. The van der Waals surface area contributed by atoms with Gasteiger partial charge in [0, 0.05) is 34.6 Å². The van der Waals surface area contributed by atoms with Gasteiger partial charge in [-0.25, -0.2) is 9.78 Å². The third-order valence-electron chi connectivity index (χ3n) is 4.11. The summed E-state index contributed by atoms with van der Waals surface area (Å²) in [4.78, 5) is 33.8. The number of aromatic amines is 1. The summed E-state index contributed by atoms with van der Waals surface area (Å²) < 4.78 is 0.